The topological polar surface area (TPSA) is 28.9 Å². The first kappa shape index (κ1) is 15.4. The molecule has 2 atom stereocenters. The number of furan rings is 1. The fourth-order valence-corrected chi connectivity index (χ4v) is 4.65. The molecule has 2 aromatic heterocycles. The Morgan fingerprint density at radius 2 is 2.04 bits per heavy atom. The minimum absolute atomic E-state index is 0.334. The first-order valence-corrected chi connectivity index (χ1v) is 9.18. The Morgan fingerprint density at radius 1 is 1.13 bits per heavy atom. The number of ether oxygens (including phenoxy) is 1. The van der Waals surface area contributed by atoms with Gasteiger partial charge in [0.2, 0.25) is 0 Å². The highest BCUT2D eigenvalue weighted by molar-refractivity contribution is 7.11. The van der Waals surface area contributed by atoms with Gasteiger partial charge in [0.25, 0.3) is 0 Å². The van der Waals surface area contributed by atoms with Crippen molar-refractivity contribution >= 4 is 11.3 Å². The Bertz CT molecular complexity index is 666. The van der Waals surface area contributed by atoms with Crippen LogP contribution in [0.15, 0.2) is 28.7 Å². The van der Waals surface area contributed by atoms with Crippen molar-refractivity contribution in [1.29, 1.82) is 0 Å². The van der Waals surface area contributed by atoms with Crippen LogP contribution in [0.1, 0.15) is 21.3 Å². The molecule has 124 valence electrons. The van der Waals surface area contributed by atoms with Crippen molar-refractivity contribution in [1.82, 2.24) is 9.80 Å². The predicted octanol–water partition coefficient (Wildman–Crippen LogP) is 3.04. The maximum Gasteiger partial charge on any atom is 0.118 e. The van der Waals surface area contributed by atoms with Crippen LogP contribution >= 0.6 is 11.3 Å². The maximum absolute atomic E-state index is 6.04. The summed E-state index contributed by atoms with van der Waals surface area (Å²) < 4.78 is 11.8. The molecule has 0 radical (unpaired) electrons. The largest absolute Gasteiger partial charge is 0.465 e. The smallest absolute Gasteiger partial charge is 0.118 e. The average molecular weight is 332 g/mol. The molecule has 4 nitrogen and oxygen atoms in total. The quantitative estimate of drug-likeness (QED) is 0.860. The Labute approximate surface area is 141 Å². The number of hydrogen-bond acceptors (Lipinski definition) is 5. The molecule has 0 unspecified atom stereocenters. The summed E-state index contributed by atoms with van der Waals surface area (Å²) in [5.41, 5.74) is 0. The lowest BCUT2D eigenvalue weighted by Crippen LogP contribution is -2.50. The molecule has 0 bridgehead atoms. The molecule has 0 saturated carbocycles. The summed E-state index contributed by atoms with van der Waals surface area (Å²) in [5, 5.41) is 0. The van der Waals surface area contributed by atoms with Crippen molar-refractivity contribution in [2.45, 2.75) is 39.1 Å². The second kappa shape index (κ2) is 6.40. The summed E-state index contributed by atoms with van der Waals surface area (Å²) in [4.78, 5) is 7.91. The van der Waals surface area contributed by atoms with Gasteiger partial charge in [0, 0.05) is 35.9 Å². The van der Waals surface area contributed by atoms with Gasteiger partial charge in [-0.3, -0.25) is 9.80 Å². The Kier molecular flexibility index (Phi) is 4.28. The summed E-state index contributed by atoms with van der Waals surface area (Å²) in [6.45, 7) is 10.1. The molecule has 0 amide bonds. The number of thiophene rings is 1. The van der Waals surface area contributed by atoms with Gasteiger partial charge in [0.1, 0.15) is 11.5 Å². The van der Waals surface area contributed by atoms with Gasteiger partial charge in [-0.2, -0.15) is 0 Å². The molecule has 2 saturated heterocycles. The van der Waals surface area contributed by atoms with Crippen LogP contribution in [0.5, 0.6) is 0 Å². The summed E-state index contributed by atoms with van der Waals surface area (Å²) in [6, 6.07) is 9.10. The Hall–Kier alpha value is -1.14. The van der Waals surface area contributed by atoms with Gasteiger partial charge in [-0.05, 0) is 38.1 Å². The zero-order chi connectivity index (χ0) is 15.8. The van der Waals surface area contributed by atoms with Crippen LogP contribution in [0.2, 0.25) is 0 Å². The monoisotopic (exact) mass is 332 g/mol. The lowest BCUT2D eigenvalue weighted by Gasteiger charge is -2.36. The molecule has 2 aromatic rings. The standard InChI is InChI=1S/C18H24N2O2S/c1-13-3-5-15(22-13)9-20-7-8-21-18-12-19(11-17(18)20)10-16-6-4-14(2)23-16/h3-6,17-18H,7-12H2,1-2H3/t17-,18+/m1/s1. The maximum atomic E-state index is 6.04. The number of aryl methyl sites for hydroxylation is 2. The van der Waals surface area contributed by atoms with Gasteiger partial charge in [-0.25, -0.2) is 0 Å². The van der Waals surface area contributed by atoms with E-state index in [9.17, 15) is 0 Å². The number of rotatable bonds is 4. The van der Waals surface area contributed by atoms with Crippen LogP contribution in [0.3, 0.4) is 0 Å². The van der Waals surface area contributed by atoms with E-state index in [4.69, 9.17) is 9.15 Å². The van der Waals surface area contributed by atoms with Crippen LogP contribution < -0.4 is 0 Å². The minimum Gasteiger partial charge on any atom is -0.465 e. The van der Waals surface area contributed by atoms with E-state index in [0.29, 0.717) is 12.1 Å². The van der Waals surface area contributed by atoms with E-state index >= 15 is 0 Å². The molecule has 0 spiro atoms. The van der Waals surface area contributed by atoms with Crippen molar-refractivity contribution in [2.75, 3.05) is 26.2 Å². The van der Waals surface area contributed by atoms with Crippen LogP contribution in [0, 0.1) is 13.8 Å². The number of likely N-dealkylation sites (tertiary alicyclic amines) is 1. The third kappa shape index (κ3) is 3.38. The highest BCUT2D eigenvalue weighted by Crippen LogP contribution is 2.27. The fraction of sp³-hybridized carbons (Fsp3) is 0.556. The van der Waals surface area contributed by atoms with Crippen LogP contribution in [-0.4, -0.2) is 48.2 Å². The van der Waals surface area contributed by atoms with E-state index in [1.165, 1.54) is 9.75 Å². The molecule has 0 aromatic carbocycles. The van der Waals surface area contributed by atoms with Crippen LogP contribution in [0.25, 0.3) is 0 Å². The second-order valence-corrected chi connectivity index (χ2v) is 8.04. The molecular weight excluding hydrogens is 308 g/mol. The third-order valence-corrected chi connectivity index (χ3v) is 5.81. The van der Waals surface area contributed by atoms with Crippen molar-refractivity contribution in [3.8, 4) is 0 Å². The zero-order valence-electron chi connectivity index (χ0n) is 13.8. The number of nitrogens with zero attached hydrogens (tertiary/aromatic N) is 2. The van der Waals surface area contributed by atoms with E-state index in [0.717, 1.165) is 50.9 Å². The minimum atomic E-state index is 0.334. The van der Waals surface area contributed by atoms with E-state index in [2.05, 4.69) is 34.9 Å². The second-order valence-electron chi connectivity index (χ2n) is 6.67. The Balaban J connectivity index is 1.41. The first-order chi connectivity index (χ1) is 11.2. The lowest BCUT2D eigenvalue weighted by molar-refractivity contribution is -0.0523. The summed E-state index contributed by atoms with van der Waals surface area (Å²) in [5.74, 6) is 2.06. The molecule has 4 heterocycles. The normalized spacial score (nSPS) is 25.8. The molecular formula is C18H24N2O2S. The third-order valence-electron chi connectivity index (χ3n) is 4.82. The number of hydrogen-bond donors (Lipinski definition) is 0. The van der Waals surface area contributed by atoms with E-state index in [1.807, 2.05) is 24.3 Å². The lowest BCUT2D eigenvalue weighted by atomic mass is 10.1. The van der Waals surface area contributed by atoms with Crippen molar-refractivity contribution < 1.29 is 9.15 Å². The van der Waals surface area contributed by atoms with Crippen molar-refractivity contribution in [3.05, 3.63) is 45.5 Å². The van der Waals surface area contributed by atoms with Gasteiger partial charge in [-0.15, -0.1) is 11.3 Å². The van der Waals surface area contributed by atoms with Gasteiger partial charge in [0.15, 0.2) is 0 Å². The number of fused-ring (bicyclic) bond motifs is 1. The molecule has 2 aliphatic rings. The molecule has 0 N–H and O–H groups in total. The fourth-order valence-electron chi connectivity index (χ4n) is 3.72. The van der Waals surface area contributed by atoms with E-state index in [1.54, 1.807) is 0 Å². The van der Waals surface area contributed by atoms with Gasteiger partial charge in [-0.1, -0.05) is 0 Å². The molecule has 5 heteroatoms. The van der Waals surface area contributed by atoms with Crippen LogP contribution in [-0.2, 0) is 17.8 Å². The molecule has 0 aliphatic carbocycles. The summed E-state index contributed by atoms with van der Waals surface area (Å²) in [7, 11) is 0. The van der Waals surface area contributed by atoms with Gasteiger partial charge in [0.05, 0.1) is 25.3 Å². The first-order valence-electron chi connectivity index (χ1n) is 8.36. The molecule has 23 heavy (non-hydrogen) atoms. The van der Waals surface area contributed by atoms with Crippen molar-refractivity contribution in [2.24, 2.45) is 0 Å². The van der Waals surface area contributed by atoms with Crippen LogP contribution in [0.4, 0.5) is 0 Å². The zero-order valence-corrected chi connectivity index (χ0v) is 14.6. The summed E-state index contributed by atoms with van der Waals surface area (Å²) >= 11 is 1.90. The molecule has 2 aliphatic heterocycles. The average Bonchev–Trinajstić information content (AvgIpc) is 3.21. The molecule has 2 fully saturated rings. The SMILES string of the molecule is Cc1ccc(CN2CCO[C@H]3CN(Cc4ccc(C)s4)C[C@H]32)o1. The van der Waals surface area contributed by atoms with E-state index in [-0.39, 0.29) is 0 Å². The predicted molar refractivity (Wildman–Crippen MR) is 91.7 cm³/mol. The van der Waals surface area contributed by atoms with E-state index < -0.39 is 0 Å². The molecule has 4 rings (SSSR count). The highest BCUT2D eigenvalue weighted by Gasteiger charge is 2.40. The Morgan fingerprint density at radius 3 is 2.78 bits per heavy atom. The summed E-state index contributed by atoms with van der Waals surface area (Å²) in [6.07, 6.45) is 0.334. The highest BCUT2D eigenvalue weighted by atomic mass is 32.1. The van der Waals surface area contributed by atoms with Crippen molar-refractivity contribution in [3.63, 3.8) is 0 Å². The van der Waals surface area contributed by atoms with Gasteiger partial charge >= 0.3 is 0 Å². The van der Waals surface area contributed by atoms with Gasteiger partial charge < -0.3 is 9.15 Å². The number of morpholine rings is 1.